The van der Waals surface area contributed by atoms with Crippen molar-refractivity contribution in [2.45, 2.75) is 6.54 Å². The zero-order valence-electron chi connectivity index (χ0n) is 9.69. The van der Waals surface area contributed by atoms with Crippen molar-refractivity contribution in [3.63, 3.8) is 0 Å². The molecule has 0 radical (unpaired) electrons. The van der Waals surface area contributed by atoms with Gasteiger partial charge in [0.05, 0.1) is 5.69 Å². The van der Waals surface area contributed by atoms with E-state index in [0.717, 1.165) is 10.2 Å². The van der Waals surface area contributed by atoms with Gasteiger partial charge in [-0.25, -0.2) is 0 Å². The van der Waals surface area contributed by atoms with E-state index in [2.05, 4.69) is 21.2 Å². The van der Waals surface area contributed by atoms with Gasteiger partial charge in [-0.05, 0) is 46.3 Å². The molecule has 0 fully saturated rings. The second kappa shape index (κ2) is 5.59. The van der Waals surface area contributed by atoms with Gasteiger partial charge in [-0.2, -0.15) is 0 Å². The Morgan fingerprint density at radius 3 is 2.53 bits per heavy atom. The predicted octanol–water partition coefficient (Wildman–Crippen LogP) is 3.83. The lowest BCUT2D eigenvalue weighted by molar-refractivity contribution is 0.365. The van der Waals surface area contributed by atoms with Gasteiger partial charge >= 0.3 is 0 Å². The highest BCUT2D eigenvalue weighted by atomic mass is 79.9. The van der Waals surface area contributed by atoms with Crippen molar-refractivity contribution in [1.82, 2.24) is 0 Å². The Morgan fingerprint density at radius 1 is 1.05 bits per heavy atom. The molecule has 0 saturated heterocycles. The van der Waals surface area contributed by atoms with E-state index in [1.165, 1.54) is 12.1 Å². The first-order chi connectivity index (χ1) is 8.99. The molecule has 0 aliphatic heterocycles. The quantitative estimate of drug-likeness (QED) is 0.639. The summed E-state index contributed by atoms with van der Waals surface area (Å²) in [6.45, 7) is 0.276. The van der Waals surface area contributed by atoms with Crippen LogP contribution in [0, 0.1) is 0 Å². The van der Waals surface area contributed by atoms with Crippen molar-refractivity contribution in [3.8, 4) is 17.2 Å². The van der Waals surface area contributed by atoms with Gasteiger partial charge in [0.1, 0.15) is 0 Å². The van der Waals surface area contributed by atoms with Crippen molar-refractivity contribution in [1.29, 1.82) is 0 Å². The molecule has 0 bridgehead atoms. The second-order valence-corrected chi connectivity index (χ2v) is 5.21. The molecule has 19 heavy (non-hydrogen) atoms. The third-order valence-electron chi connectivity index (χ3n) is 2.61. The van der Waals surface area contributed by atoms with E-state index >= 15 is 0 Å². The molecular weight excluding hydrogens is 334 g/mol. The Balaban J connectivity index is 2.19. The largest absolute Gasteiger partial charge is 0.504 e. The van der Waals surface area contributed by atoms with Crippen LogP contribution in [0.3, 0.4) is 0 Å². The van der Waals surface area contributed by atoms with E-state index in [4.69, 9.17) is 11.6 Å². The lowest BCUT2D eigenvalue weighted by atomic mass is 10.1. The average molecular weight is 345 g/mol. The van der Waals surface area contributed by atoms with Gasteiger partial charge in [0.2, 0.25) is 5.75 Å². The summed E-state index contributed by atoms with van der Waals surface area (Å²) < 4.78 is 0.833. The summed E-state index contributed by atoms with van der Waals surface area (Å²) in [6, 6.07) is 8.14. The number of nitrogens with one attached hydrogen (secondary N) is 1. The predicted molar refractivity (Wildman–Crippen MR) is 77.9 cm³/mol. The molecule has 0 spiro atoms. The van der Waals surface area contributed by atoms with Crippen molar-refractivity contribution in [2.24, 2.45) is 0 Å². The summed E-state index contributed by atoms with van der Waals surface area (Å²) in [4.78, 5) is 0. The molecule has 0 aliphatic carbocycles. The Bertz CT molecular complexity index is 619. The summed E-state index contributed by atoms with van der Waals surface area (Å²) in [5.41, 5.74) is 1.22. The number of rotatable bonds is 3. The van der Waals surface area contributed by atoms with Crippen LogP contribution in [0.4, 0.5) is 5.69 Å². The van der Waals surface area contributed by atoms with E-state index in [1.807, 2.05) is 0 Å². The number of halogens is 2. The Morgan fingerprint density at radius 2 is 1.79 bits per heavy atom. The van der Waals surface area contributed by atoms with Crippen molar-refractivity contribution >= 4 is 33.2 Å². The zero-order chi connectivity index (χ0) is 14.0. The monoisotopic (exact) mass is 343 g/mol. The first kappa shape index (κ1) is 13.8. The molecule has 2 rings (SSSR count). The molecule has 0 atom stereocenters. The van der Waals surface area contributed by atoms with E-state index in [9.17, 15) is 15.3 Å². The Kier molecular flexibility index (Phi) is 4.07. The van der Waals surface area contributed by atoms with Crippen molar-refractivity contribution in [3.05, 3.63) is 45.4 Å². The number of anilines is 1. The van der Waals surface area contributed by atoms with Crippen molar-refractivity contribution in [2.75, 3.05) is 5.32 Å². The van der Waals surface area contributed by atoms with E-state index in [1.54, 1.807) is 18.2 Å². The molecule has 100 valence electrons. The Labute approximate surface area is 123 Å². The lowest BCUT2D eigenvalue weighted by Crippen LogP contribution is -2.00. The number of phenols is 3. The summed E-state index contributed by atoms with van der Waals surface area (Å²) >= 11 is 9.27. The molecular formula is C13H11BrClNO3. The molecule has 4 N–H and O–H groups in total. The molecule has 0 amide bonds. The zero-order valence-corrected chi connectivity index (χ0v) is 12.0. The van der Waals surface area contributed by atoms with Crippen LogP contribution < -0.4 is 5.32 Å². The van der Waals surface area contributed by atoms with E-state index < -0.39 is 5.75 Å². The fourth-order valence-corrected chi connectivity index (χ4v) is 2.14. The minimum absolute atomic E-state index is 0.276. The van der Waals surface area contributed by atoms with E-state index in [0.29, 0.717) is 10.6 Å². The minimum atomic E-state index is -0.524. The number of phenolic OH excluding ortho intramolecular Hbond substituents is 3. The van der Waals surface area contributed by atoms with Crippen LogP contribution in [0.5, 0.6) is 17.2 Å². The third kappa shape index (κ3) is 3.05. The van der Waals surface area contributed by atoms with Gasteiger partial charge in [-0.15, -0.1) is 0 Å². The van der Waals surface area contributed by atoms with Gasteiger partial charge < -0.3 is 20.6 Å². The highest BCUT2D eigenvalue weighted by Crippen LogP contribution is 2.37. The van der Waals surface area contributed by atoms with Crippen LogP contribution in [0.1, 0.15) is 5.56 Å². The maximum Gasteiger partial charge on any atom is 0.200 e. The fraction of sp³-hybridized carbons (Fsp3) is 0.0769. The molecule has 2 aromatic rings. The lowest BCUT2D eigenvalue weighted by Gasteiger charge is -2.11. The van der Waals surface area contributed by atoms with Crippen LogP contribution in [0.15, 0.2) is 34.8 Å². The first-order valence-corrected chi connectivity index (χ1v) is 6.58. The average Bonchev–Trinajstić information content (AvgIpc) is 2.39. The number of hydrogen-bond acceptors (Lipinski definition) is 4. The third-order valence-corrected chi connectivity index (χ3v) is 3.54. The highest BCUT2D eigenvalue weighted by molar-refractivity contribution is 9.10. The summed E-state index contributed by atoms with van der Waals surface area (Å²) in [5.74, 6) is -1.22. The molecule has 2 aromatic carbocycles. The van der Waals surface area contributed by atoms with Gasteiger partial charge in [-0.1, -0.05) is 11.6 Å². The van der Waals surface area contributed by atoms with Crippen LogP contribution in [-0.4, -0.2) is 15.3 Å². The smallest absolute Gasteiger partial charge is 0.200 e. The summed E-state index contributed by atoms with van der Waals surface area (Å²) in [7, 11) is 0. The topological polar surface area (TPSA) is 72.7 Å². The maximum absolute atomic E-state index is 9.69. The molecule has 0 aliphatic rings. The molecule has 6 heteroatoms. The van der Waals surface area contributed by atoms with Gasteiger partial charge in [0, 0.05) is 21.6 Å². The van der Waals surface area contributed by atoms with Gasteiger partial charge in [0.15, 0.2) is 11.5 Å². The molecule has 4 nitrogen and oxygen atoms in total. The maximum atomic E-state index is 9.69. The summed E-state index contributed by atoms with van der Waals surface area (Å²) in [5, 5.41) is 32.0. The van der Waals surface area contributed by atoms with Crippen LogP contribution in [0.25, 0.3) is 0 Å². The van der Waals surface area contributed by atoms with Gasteiger partial charge in [-0.3, -0.25) is 0 Å². The van der Waals surface area contributed by atoms with Gasteiger partial charge in [0.25, 0.3) is 0 Å². The summed E-state index contributed by atoms with van der Waals surface area (Å²) in [6.07, 6.45) is 0. The number of benzene rings is 2. The van der Waals surface area contributed by atoms with Crippen LogP contribution in [0.2, 0.25) is 5.02 Å². The van der Waals surface area contributed by atoms with Crippen LogP contribution in [-0.2, 0) is 6.54 Å². The normalized spacial score (nSPS) is 10.4. The fourth-order valence-electron chi connectivity index (χ4n) is 1.58. The number of hydrogen-bond donors (Lipinski definition) is 4. The highest BCUT2D eigenvalue weighted by Gasteiger charge is 2.11. The minimum Gasteiger partial charge on any atom is -0.504 e. The number of aromatic hydroxyl groups is 3. The standard InChI is InChI=1S/C13H11BrClNO3/c14-9-3-2-8(15)5-10(9)16-6-7-1-4-11(17)13(19)12(7)18/h1-5,16-19H,6H2. The molecule has 0 saturated carbocycles. The Hall–Kier alpha value is -1.59. The van der Waals surface area contributed by atoms with Crippen molar-refractivity contribution < 1.29 is 15.3 Å². The first-order valence-electron chi connectivity index (χ1n) is 5.40. The van der Waals surface area contributed by atoms with E-state index in [-0.39, 0.29) is 18.0 Å². The second-order valence-electron chi connectivity index (χ2n) is 3.92. The van der Waals surface area contributed by atoms with Crippen LogP contribution >= 0.6 is 27.5 Å². The molecule has 0 heterocycles. The molecule has 0 aromatic heterocycles. The SMILES string of the molecule is Oc1ccc(CNc2cc(Cl)ccc2Br)c(O)c1O. The molecule has 0 unspecified atom stereocenters.